The first-order valence-electron chi connectivity index (χ1n) is 14.8. The normalized spacial score (nSPS) is 18.8. The van der Waals surface area contributed by atoms with Gasteiger partial charge in [0.25, 0.3) is 0 Å². The van der Waals surface area contributed by atoms with E-state index in [0.717, 1.165) is 34.0 Å². The molecule has 0 amide bonds. The third-order valence-electron chi connectivity index (χ3n) is 7.50. The first kappa shape index (κ1) is 32.5. The second-order valence-corrected chi connectivity index (χ2v) is 12.6. The largest absolute Gasteiger partial charge is 0.461 e. The third-order valence-corrected chi connectivity index (χ3v) is 8.89. The highest BCUT2D eigenvalue weighted by Gasteiger charge is 2.52. The Kier molecular flexibility index (Phi) is 10.2. The van der Waals surface area contributed by atoms with Crippen LogP contribution >= 0.6 is 11.8 Å². The maximum atomic E-state index is 13.4. The molecule has 0 spiro atoms. The minimum atomic E-state index is -1.22. The molecule has 1 saturated heterocycles. The van der Waals surface area contributed by atoms with Gasteiger partial charge >= 0.3 is 23.9 Å². The van der Waals surface area contributed by atoms with Crippen molar-refractivity contribution in [2.45, 2.75) is 50.6 Å². The molecule has 9 heteroatoms. The summed E-state index contributed by atoms with van der Waals surface area (Å²) in [7, 11) is 0. The monoisotopic (exact) mass is 638 g/mol. The van der Waals surface area contributed by atoms with Crippen molar-refractivity contribution in [3.8, 4) is 0 Å². The van der Waals surface area contributed by atoms with Gasteiger partial charge in [0.15, 0.2) is 17.6 Å². The SMILES string of the molecule is Cc1ccc(C(=O)OC[C@H]2SC(OC(=O)c3ccc(C)cc3)[C@H](OC(=O)c3ccc(C)cc3)[C@H]2OC(=O)c2ccc(C)cc2)cc1. The Morgan fingerprint density at radius 2 is 0.804 bits per heavy atom. The predicted octanol–water partition coefficient (Wildman–Crippen LogP) is 6.83. The molecule has 8 nitrogen and oxygen atoms in total. The van der Waals surface area contributed by atoms with E-state index in [1.54, 1.807) is 97.1 Å². The maximum Gasteiger partial charge on any atom is 0.339 e. The molecule has 4 aromatic rings. The fraction of sp³-hybridized carbons (Fsp3) is 0.243. The number of thioether (sulfide) groups is 1. The Morgan fingerprint density at radius 3 is 1.20 bits per heavy atom. The zero-order chi connectivity index (χ0) is 32.8. The van der Waals surface area contributed by atoms with Crippen LogP contribution in [0.3, 0.4) is 0 Å². The molecule has 1 aliphatic heterocycles. The lowest BCUT2D eigenvalue weighted by molar-refractivity contribution is -0.0607. The van der Waals surface area contributed by atoms with Crippen LogP contribution in [-0.2, 0) is 18.9 Å². The van der Waals surface area contributed by atoms with Crippen LogP contribution in [0.25, 0.3) is 0 Å². The lowest BCUT2D eigenvalue weighted by atomic mass is 10.1. The number of benzene rings is 4. The lowest BCUT2D eigenvalue weighted by Gasteiger charge is -2.25. The average Bonchev–Trinajstić information content (AvgIpc) is 3.35. The van der Waals surface area contributed by atoms with E-state index in [2.05, 4.69) is 0 Å². The number of carbonyl (C=O) groups excluding carboxylic acids is 4. The summed E-state index contributed by atoms with van der Waals surface area (Å²) in [5.41, 5.74) is 4.01. The Bertz CT molecular complexity index is 1700. The molecule has 5 rings (SSSR count). The first-order valence-corrected chi connectivity index (χ1v) is 15.7. The van der Waals surface area contributed by atoms with Crippen LogP contribution in [0.15, 0.2) is 97.1 Å². The highest BCUT2D eigenvalue weighted by atomic mass is 32.2. The van der Waals surface area contributed by atoms with Crippen LogP contribution in [0.4, 0.5) is 0 Å². The molecule has 4 aromatic carbocycles. The van der Waals surface area contributed by atoms with Gasteiger partial charge in [-0.3, -0.25) is 0 Å². The van der Waals surface area contributed by atoms with Crippen molar-refractivity contribution in [3.63, 3.8) is 0 Å². The van der Waals surface area contributed by atoms with Crippen molar-refractivity contribution >= 4 is 35.6 Å². The molecule has 1 fully saturated rings. The van der Waals surface area contributed by atoms with Crippen molar-refractivity contribution in [3.05, 3.63) is 142 Å². The number of hydrogen-bond acceptors (Lipinski definition) is 9. The van der Waals surface area contributed by atoms with E-state index in [4.69, 9.17) is 18.9 Å². The highest BCUT2D eigenvalue weighted by molar-refractivity contribution is 8.00. The Balaban J connectivity index is 1.45. The minimum absolute atomic E-state index is 0.208. The third kappa shape index (κ3) is 8.03. The molecule has 4 atom stereocenters. The molecule has 0 aromatic heterocycles. The summed E-state index contributed by atoms with van der Waals surface area (Å²) < 4.78 is 23.5. The zero-order valence-electron chi connectivity index (χ0n) is 25.9. The van der Waals surface area contributed by atoms with E-state index in [-0.39, 0.29) is 17.7 Å². The molecule has 1 aliphatic rings. The quantitative estimate of drug-likeness (QED) is 0.144. The number of carbonyl (C=O) groups is 4. The van der Waals surface area contributed by atoms with Crippen LogP contribution in [0.5, 0.6) is 0 Å². The molecule has 1 heterocycles. The summed E-state index contributed by atoms with van der Waals surface area (Å²) >= 11 is 1.10. The Hall–Kier alpha value is -4.89. The van der Waals surface area contributed by atoms with Gasteiger partial charge in [-0.05, 0) is 76.2 Å². The molecule has 236 valence electrons. The summed E-state index contributed by atoms with van der Waals surface area (Å²) in [6.07, 6.45) is -2.35. The van der Waals surface area contributed by atoms with Gasteiger partial charge in [0.1, 0.15) is 6.61 Å². The van der Waals surface area contributed by atoms with Gasteiger partial charge in [-0.1, -0.05) is 70.8 Å². The molecule has 0 radical (unpaired) electrons. The van der Waals surface area contributed by atoms with Crippen molar-refractivity contribution in [1.82, 2.24) is 0 Å². The molecule has 1 unspecified atom stereocenters. The molecule has 0 aliphatic carbocycles. The second-order valence-electron chi connectivity index (χ2n) is 11.3. The molecular weight excluding hydrogens is 604 g/mol. The maximum absolute atomic E-state index is 13.4. The van der Waals surface area contributed by atoms with Crippen molar-refractivity contribution < 1.29 is 38.1 Å². The molecule has 0 bridgehead atoms. The number of ether oxygens (including phenoxy) is 4. The Morgan fingerprint density at radius 1 is 0.478 bits per heavy atom. The molecular formula is C37H34O8S. The lowest BCUT2D eigenvalue weighted by Crippen LogP contribution is -2.42. The first-order chi connectivity index (χ1) is 22.1. The van der Waals surface area contributed by atoms with Gasteiger partial charge in [-0.25, -0.2) is 19.2 Å². The predicted molar refractivity (Wildman–Crippen MR) is 174 cm³/mol. The van der Waals surface area contributed by atoms with Gasteiger partial charge in [-0.15, -0.1) is 11.8 Å². The van der Waals surface area contributed by atoms with E-state index in [1.165, 1.54) is 0 Å². The van der Waals surface area contributed by atoms with Crippen LogP contribution in [0.2, 0.25) is 0 Å². The van der Waals surface area contributed by atoms with Gasteiger partial charge in [-0.2, -0.15) is 0 Å². The van der Waals surface area contributed by atoms with E-state index >= 15 is 0 Å². The fourth-order valence-corrected chi connectivity index (χ4v) is 6.11. The highest BCUT2D eigenvalue weighted by Crippen LogP contribution is 2.40. The van der Waals surface area contributed by atoms with Gasteiger partial charge in [0.05, 0.1) is 27.5 Å². The summed E-state index contributed by atoms with van der Waals surface area (Å²) in [5.74, 6) is -2.56. The fourth-order valence-electron chi connectivity index (χ4n) is 4.74. The van der Waals surface area contributed by atoms with Crippen molar-refractivity contribution in [2.75, 3.05) is 6.61 Å². The average molecular weight is 639 g/mol. The van der Waals surface area contributed by atoms with E-state index in [9.17, 15) is 19.2 Å². The standard InChI is InChI=1S/C37H34O8S/c1-22-5-13-26(14-6-22)33(38)42-21-30-31(43-34(39)27-15-7-23(2)8-16-27)32(44-35(40)28-17-9-24(3)10-18-28)37(46-30)45-36(41)29-19-11-25(4)12-20-29/h5-20,30-32,37H,21H2,1-4H3/t30-,31+,32-,37?/m1/s1. The number of rotatable bonds is 9. The van der Waals surface area contributed by atoms with E-state index in [0.29, 0.717) is 11.1 Å². The Labute approximate surface area is 272 Å². The molecule has 0 N–H and O–H groups in total. The number of hydrogen-bond donors (Lipinski definition) is 0. The summed E-state index contributed by atoms with van der Waals surface area (Å²) in [4.78, 5) is 52.9. The smallest absolute Gasteiger partial charge is 0.339 e. The van der Waals surface area contributed by atoms with Crippen LogP contribution < -0.4 is 0 Å². The van der Waals surface area contributed by atoms with Gasteiger partial charge < -0.3 is 18.9 Å². The minimum Gasteiger partial charge on any atom is -0.461 e. The van der Waals surface area contributed by atoms with E-state index < -0.39 is 46.8 Å². The van der Waals surface area contributed by atoms with Crippen LogP contribution in [-0.4, -0.2) is 53.4 Å². The molecule has 0 saturated carbocycles. The summed E-state index contributed by atoms with van der Waals surface area (Å²) in [6, 6.07) is 27.4. The molecule has 46 heavy (non-hydrogen) atoms. The number of esters is 4. The van der Waals surface area contributed by atoms with Gasteiger partial charge in [0.2, 0.25) is 0 Å². The van der Waals surface area contributed by atoms with Crippen molar-refractivity contribution in [1.29, 1.82) is 0 Å². The second kappa shape index (κ2) is 14.5. The topological polar surface area (TPSA) is 105 Å². The van der Waals surface area contributed by atoms with E-state index in [1.807, 2.05) is 27.7 Å². The zero-order valence-corrected chi connectivity index (χ0v) is 26.7. The van der Waals surface area contributed by atoms with Gasteiger partial charge in [0, 0.05) is 0 Å². The van der Waals surface area contributed by atoms with Crippen LogP contribution in [0.1, 0.15) is 63.7 Å². The summed E-state index contributed by atoms with van der Waals surface area (Å²) in [5, 5.41) is -0.740. The number of aryl methyl sites for hydroxylation is 4. The van der Waals surface area contributed by atoms with Crippen molar-refractivity contribution in [2.24, 2.45) is 0 Å². The van der Waals surface area contributed by atoms with Crippen LogP contribution in [0, 0.1) is 27.7 Å². The summed E-state index contributed by atoms with van der Waals surface area (Å²) in [6.45, 7) is 7.40.